The average Bonchev–Trinajstić information content (AvgIpc) is 2.85. The molecule has 0 aliphatic rings. The summed E-state index contributed by atoms with van der Waals surface area (Å²) in [7, 11) is -2.04. The first-order valence-corrected chi connectivity index (χ1v) is 13.5. The maximum absolute atomic E-state index is 12.3. The molecule has 2 amide bonds. The Balaban J connectivity index is 0.000000919. The quantitative estimate of drug-likeness (QED) is 0.212. The molecular formula is C24H36N2O12P2+2. The van der Waals surface area contributed by atoms with Gasteiger partial charge in [0.05, 0.1) is 6.42 Å². The highest BCUT2D eigenvalue weighted by atomic mass is 31.1. The van der Waals surface area contributed by atoms with Crippen molar-refractivity contribution in [3.8, 4) is 0 Å². The van der Waals surface area contributed by atoms with Gasteiger partial charge in [0.15, 0.2) is 11.2 Å². The predicted octanol–water partition coefficient (Wildman–Crippen LogP) is 3.01. The van der Waals surface area contributed by atoms with Crippen molar-refractivity contribution in [2.75, 3.05) is 0 Å². The molecule has 16 heteroatoms. The summed E-state index contributed by atoms with van der Waals surface area (Å²) >= 11 is 0. The summed E-state index contributed by atoms with van der Waals surface area (Å²) in [5.74, 6) is -4.43. The van der Waals surface area contributed by atoms with E-state index in [0.717, 1.165) is 5.56 Å². The SMILES string of the molecule is CC(C)(O[PH+]=O)C(=O)C(C)(C)O[PH+]=O.CC(C)[C@H](NC(=O)OCc1ccccc1)C(=O)N[C@@H](CC(=O)O)C(=O)O. The van der Waals surface area contributed by atoms with Gasteiger partial charge >= 0.3 is 35.4 Å². The van der Waals surface area contributed by atoms with Crippen LogP contribution in [0.15, 0.2) is 30.3 Å². The number of benzene rings is 1. The highest BCUT2D eigenvalue weighted by molar-refractivity contribution is 7.17. The Morgan fingerprint density at radius 3 is 1.77 bits per heavy atom. The van der Waals surface area contributed by atoms with Gasteiger partial charge in [-0.1, -0.05) is 44.2 Å². The van der Waals surface area contributed by atoms with Crippen LogP contribution in [0.1, 0.15) is 53.5 Å². The summed E-state index contributed by atoms with van der Waals surface area (Å²) < 4.78 is 35.1. The molecule has 40 heavy (non-hydrogen) atoms. The van der Waals surface area contributed by atoms with Gasteiger partial charge in [-0.3, -0.25) is 14.4 Å². The number of alkyl carbamates (subject to hydrolysis) is 1. The molecule has 0 aromatic heterocycles. The highest BCUT2D eigenvalue weighted by Crippen LogP contribution is 2.27. The first-order chi connectivity index (χ1) is 18.5. The number of carboxylic acids is 2. The van der Waals surface area contributed by atoms with E-state index in [1.165, 1.54) is 27.7 Å². The molecule has 0 aliphatic carbocycles. The van der Waals surface area contributed by atoms with E-state index in [1.54, 1.807) is 38.1 Å². The van der Waals surface area contributed by atoms with E-state index >= 15 is 0 Å². The van der Waals surface area contributed by atoms with Crippen LogP contribution in [0, 0.1) is 5.92 Å². The number of Topliss-reactive ketones (excluding diaryl/α,β-unsaturated/α-hetero) is 1. The second kappa shape index (κ2) is 17.4. The fourth-order valence-electron chi connectivity index (χ4n) is 3.09. The number of hydrogen-bond acceptors (Lipinski definition) is 10. The van der Waals surface area contributed by atoms with Gasteiger partial charge in [0.25, 0.3) is 0 Å². The summed E-state index contributed by atoms with van der Waals surface area (Å²) in [6, 6.07) is 6.26. The van der Waals surface area contributed by atoms with Crippen molar-refractivity contribution in [3.05, 3.63) is 35.9 Å². The zero-order valence-electron chi connectivity index (χ0n) is 23.0. The Bertz CT molecular complexity index is 1020. The Kier molecular flexibility index (Phi) is 16.0. The molecule has 0 saturated heterocycles. The second-order valence-electron chi connectivity index (χ2n) is 9.65. The number of carbonyl (C=O) groups is 5. The molecule has 4 atom stereocenters. The average molecular weight is 607 g/mol. The topological polar surface area (TPSA) is 212 Å². The summed E-state index contributed by atoms with van der Waals surface area (Å²) in [4.78, 5) is 57.7. The van der Waals surface area contributed by atoms with Crippen molar-refractivity contribution in [1.82, 2.24) is 10.6 Å². The lowest BCUT2D eigenvalue weighted by atomic mass is 9.91. The number of carboxylic acid groups (broad SMARTS) is 2. The Hall–Kier alpha value is -3.31. The first-order valence-electron chi connectivity index (χ1n) is 11.9. The van der Waals surface area contributed by atoms with Crippen molar-refractivity contribution in [2.24, 2.45) is 5.92 Å². The maximum atomic E-state index is 12.3. The van der Waals surface area contributed by atoms with Crippen LogP contribution in [0.3, 0.4) is 0 Å². The minimum absolute atomic E-state index is 0.00979. The molecule has 14 nitrogen and oxygen atoms in total. The third kappa shape index (κ3) is 13.7. The molecule has 222 valence electrons. The van der Waals surface area contributed by atoms with Gasteiger partial charge in [0.2, 0.25) is 11.7 Å². The van der Waals surface area contributed by atoms with Crippen LogP contribution in [0.4, 0.5) is 4.79 Å². The van der Waals surface area contributed by atoms with Gasteiger partial charge in [-0.25, -0.2) is 9.59 Å². The van der Waals surface area contributed by atoms with Crippen LogP contribution < -0.4 is 10.6 Å². The van der Waals surface area contributed by atoms with E-state index in [-0.39, 0.29) is 12.5 Å². The van der Waals surface area contributed by atoms with Crippen LogP contribution >= 0.6 is 17.4 Å². The predicted molar refractivity (Wildman–Crippen MR) is 144 cm³/mol. The molecule has 0 saturated carbocycles. The number of ether oxygens (including phenoxy) is 1. The lowest BCUT2D eigenvalue weighted by molar-refractivity contribution is -0.147. The van der Waals surface area contributed by atoms with E-state index in [4.69, 9.17) is 24.0 Å². The minimum Gasteiger partial charge on any atom is -0.481 e. The van der Waals surface area contributed by atoms with Gasteiger partial charge in [-0.2, -0.15) is 0 Å². The van der Waals surface area contributed by atoms with E-state index in [1.807, 2.05) is 6.07 Å². The van der Waals surface area contributed by atoms with Crippen LogP contribution in [0.25, 0.3) is 0 Å². The standard InChI is InChI=1S/C17H22N2O7.C7H14O5P2/c1-10(2)14(15(22)18-12(16(23)24)8-13(20)21)19-17(25)26-9-11-6-4-3-5-7-11;1-6(2,11-13-9)5(8)7(3,4)12-14-10/h3-7,10,12,14H,8-9H2,1-2H3,(H,18,22)(H,19,25)(H,20,21)(H,23,24);13-14H,1-4H3/q;+2/t12-,14-;/m0./s1. The lowest BCUT2D eigenvalue weighted by Crippen LogP contribution is -2.54. The monoisotopic (exact) mass is 606 g/mol. The molecule has 4 N–H and O–H groups in total. The summed E-state index contributed by atoms with van der Waals surface area (Å²) in [6.45, 7) is 9.25. The third-order valence-corrected chi connectivity index (χ3v) is 6.30. The van der Waals surface area contributed by atoms with Crippen molar-refractivity contribution in [1.29, 1.82) is 0 Å². The molecule has 0 heterocycles. The van der Waals surface area contributed by atoms with Gasteiger partial charge in [0.1, 0.15) is 18.7 Å². The Morgan fingerprint density at radius 1 is 0.875 bits per heavy atom. The van der Waals surface area contributed by atoms with Crippen LogP contribution in [-0.2, 0) is 48.7 Å². The van der Waals surface area contributed by atoms with Crippen molar-refractivity contribution in [3.63, 3.8) is 0 Å². The highest BCUT2D eigenvalue weighted by Gasteiger charge is 2.46. The van der Waals surface area contributed by atoms with Crippen LogP contribution in [0.5, 0.6) is 0 Å². The maximum Gasteiger partial charge on any atom is 0.495 e. The number of hydrogen-bond donors (Lipinski definition) is 4. The molecule has 1 aromatic rings. The molecule has 1 rings (SSSR count). The lowest BCUT2D eigenvalue weighted by Gasteiger charge is -2.23. The third-order valence-electron chi connectivity index (χ3n) is 5.12. The van der Waals surface area contributed by atoms with Gasteiger partial charge in [-0.15, -0.1) is 9.05 Å². The van der Waals surface area contributed by atoms with E-state index in [9.17, 15) is 33.1 Å². The number of amides is 2. The normalized spacial score (nSPS) is 13.0. The number of nitrogens with one attached hydrogen (secondary N) is 2. The Morgan fingerprint density at radius 2 is 1.38 bits per heavy atom. The number of carbonyl (C=O) groups excluding carboxylic acids is 3. The molecule has 0 aliphatic heterocycles. The van der Waals surface area contributed by atoms with Gasteiger partial charge in [0, 0.05) is 0 Å². The number of aliphatic carboxylic acids is 2. The largest absolute Gasteiger partial charge is 0.495 e. The number of ketones is 1. The van der Waals surface area contributed by atoms with Crippen LogP contribution in [-0.4, -0.2) is 63.2 Å². The van der Waals surface area contributed by atoms with Crippen LogP contribution in [0.2, 0.25) is 0 Å². The van der Waals surface area contributed by atoms with Gasteiger partial charge < -0.3 is 25.6 Å². The summed E-state index contributed by atoms with van der Waals surface area (Å²) in [5.41, 5.74) is -1.65. The zero-order valence-corrected chi connectivity index (χ0v) is 25.0. The van der Waals surface area contributed by atoms with E-state index < -0.39 is 76.8 Å². The summed E-state index contributed by atoms with van der Waals surface area (Å²) in [5, 5.41) is 22.2. The minimum atomic E-state index is -1.59. The summed E-state index contributed by atoms with van der Waals surface area (Å²) in [6.07, 6.45) is -1.61. The van der Waals surface area contributed by atoms with E-state index in [0.29, 0.717) is 0 Å². The molecule has 0 spiro atoms. The number of rotatable bonds is 15. The molecule has 0 radical (unpaired) electrons. The zero-order chi connectivity index (χ0) is 31.1. The molecule has 2 unspecified atom stereocenters. The first kappa shape index (κ1) is 36.7. The fourth-order valence-corrected chi connectivity index (χ4v) is 3.69. The second-order valence-corrected chi connectivity index (χ2v) is 10.4. The van der Waals surface area contributed by atoms with E-state index in [2.05, 4.69) is 10.6 Å². The smallest absolute Gasteiger partial charge is 0.481 e. The van der Waals surface area contributed by atoms with Crippen molar-refractivity contribution in [2.45, 2.75) is 77.9 Å². The fraction of sp³-hybridized carbons (Fsp3) is 0.542. The van der Waals surface area contributed by atoms with Crippen molar-refractivity contribution >= 4 is 47.1 Å². The Labute approximate surface area is 234 Å². The molecular weight excluding hydrogens is 570 g/mol. The molecule has 0 fully saturated rings. The van der Waals surface area contributed by atoms with Gasteiger partial charge in [-0.05, 0) is 48.3 Å². The molecule has 0 bridgehead atoms. The van der Waals surface area contributed by atoms with Crippen molar-refractivity contribution < 1.29 is 57.1 Å². The molecule has 1 aromatic carbocycles.